The third kappa shape index (κ3) is 3.16. The summed E-state index contributed by atoms with van der Waals surface area (Å²) in [7, 11) is 0. The fourth-order valence-corrected chi connectivity index (χ4v) is 2.23. The van der Waals surface area contributed by atoms with Crippen molar-refractivity contribution in [3.8, 4) is 5.75 Å². The molecule has 0 amide bonds. The first kappa shape index (κ1) is 12.8. The number of fused-ring (bicyclic) bond motifs is 1. The van der Waals surface area contributed by atoms with Gasteiger partial charge in [-0.3, -0.25) is 0 Å². The van der Waals surface area contributed by atoms with Gasteiger partial charge in [0.15, 0.2) is 0 Å². The van der Waals surface area contributed by atoms with Crippen LogP contribution in [0.3, 0.4) is 0 Å². The van der Waals surface area contributed by atoms with E-state index in [-0.39, 0.29) is 10.8 Å². The zero-order valence-corrected chi connectivity index (χ0v) is 11.7. The number of ether oxygens (including phenoxy) is 1. The molecule has 94 valence electrons. The Bertz CT molecular complexity index is 392. The maximum Gasteiger partial charge on any atom is 0.122 e. The quantitative estimate of drug-likeness (QED) is 0.733. The van der Waals surface area contributed by atoms with E-state index in [1.54, 1.807) is 0 Å². The van der Waals surface area contributed by atoms with Crippen molar-refractivity contribution in [2.75, 3.05) is 6.61 Å². The zero-order valence-electron chi connectivity index (χ0n) is 10.9. The number of alkyl halides is 1. The average molecular weight is 253 g/mol. The lowest BCUT2D eigenvalue weighted by Gasteiger charge is -2.25. The molecule has 0 N–H and O–H groups in total. The number of aryl methyl sites for hydroxylation is 1. The van der Waals surface area contributed by atoms with Crippen molar-refractivity contribution in [2.24, 2.45) is 5.41 Å². The molecule has 1 unspecified atom stereocenters. The normalized spacial score (nSPS) is 16.5. The van der Waals surface area contributed by atoms with Crippen molar-refractivity contribution < 1.29 is 4.74 Å². The highest BCUT2D eigenvalue weighted by Gasteiger charge is 2.22. The SMILES string of the molecule is CC(C)(C)C(Cl)CCc1ccc2c(c1)CCO2. The molecule has 1 aromatic carbocycles. The molecule has 0 fully saturated rings. The van der Waals surface area contributed by atoms with Crippen molar-refractivity contribution in [3.63, 3.8) is 0 Å². The van der Waals surface area contributed by atoms with E-state index >= 15 is 0 Å². The van der Waals surface area contributed by atoms with E-state index in [1.807, 2.05) is 0 Å². The standard InChI is InChI=1S/C15H21ClO/c1-15(2,3)14(16)7-5-11-4-6-13-12(10-11)8-9-17-13/h4,6,10,14H,5,7-9H2,1-3H3. The van der Waals surface area contributed by atoms with E-state index in [2.05, 4.69) is 39.0 Å². The van der Waals surface area contributed by atoms with E-state index in [0.29, 0.717) is 0 Å². The molecule has 0 radical (unpaired) electrons. The summed E-state index contributed by atoms with van der Waals surface area (Å²) in [6, 6.07) is 6.53. The number of hydrogen-bond acceptors (Lipinski definition) is 1. The van der Waals surface area contributed by atoms with Gasteiger partial charge in [0, 0.05) is 11.8 Å². The molecule has 17 heavy (non-hydrogen) atoms. The molecule has 0 bridgehead atoms. The highest BCUT2D eigenvalue weighted by molar-refractivity contribution is 6.21. The van der Waals surface area contributed by atoms with Gasteiger partial charge < -0.3 is 4.74 Å². The van der Waals surface area contributed by atoms with Gasteiger partial charge in [0.1, 0.15) is 5.75 Å². The van der Waals surface area contributed by atoms with E-state index in [1.165, 1.54) is 11.1 Å². The lowest BCUT2D eigenvalue weighted by atomic mass is 9.88. The van der Waals surface area contributed by atoms with Crippen LogP contribution in [0.15, 0.2) is 18.2 Å². The van der Waals surface area contributed by atoms with Gasteiger partial charge in [0.05, 0.1) is 6.61 Å². The first-order valence-electron chi connectivity index (χ1n) is 6.35. The molecular formula is C15H21ClO. The van der Waals surface area contributed by atoms with Crippen molar-refractivity contribution in [2.45, 2.75) is 45.4 Å². The smallest absolute Gasteiger partial charge is 0.122 e. The van der Waals surface area contributed by atoms with Crippen LogP contribution in [-0.2, 0) is 12.8 Å². The summed E-state index contributed by atoms with van der Waals surface area (Å²) >= 11 is 6.40. The molecule has 1 atom stereocenters. The van der Waals surface area contributed by atoms with Crippen LogP contribution in [0.4, 0.5) is 0 Å². The number of halogens is 1. The predicted octanol–water partition coefficient (Wildman–Crippen LogP) is 4.21. The predicted molar refractivity (Wildman–Crippen MR) is 73.1 cm³/mol. The molecule has 1 aliphatic heterocycles. The van der Waals surface area contributed by atoms with Gasteiger partial charge in [0.25, 0.3) is 0 Å². The van der Waals surface area contributed by atoms with Crippen LogP contribution >= 0.6 is 11.6 Å². The Morgan fingerprint density at radius 2 is 2.12 bits per heavy atom. The Hall–Kier alpha value is -0.690. The van der Waals surface area contributed by atoms with Gasteiger partial charge >= 0.3 is 0 Å². The largest absolute Gasteiger partial charge is 0.493 e. The Morgan fingerprint density at radius 1 is 1.35 bits per heavy atom. The molecule has 1 aromatic rings. The minimum absolute atomic E-state index is 0.182. The summed E-state index contributed by atoms with van der Waals surface area (Å²) in [5.41, 5.74) is 2.91. The third-order valence-corrected chi connectivity index (χ3v) is 4.25. The highest BCUT2D eigenvalue weighted by atomic mass is 35.5. The molecular weight excluding hydrogens is 232 g/mol. The van der Waals surface area contributed by atoms with Crippen LogP contribution in [0.1, 0.15) is 38.3 Å². The van der Waals surface area contributed by atoms with Crippen molar-refractivity contribution in [3.05, 3.63) is 29.3 Å². The second-order valence-corrected chi connectivity index (χ2v) is 6.44. The van der Waals surface area contributed by atoms with Crippen LogP contribution in [-0.4, -0.2) is 12.0 Å². The molecule has 0 aromatic heterocycles. The number of hydrogen-bond donors (Lipinski definition) is 0. The van der Waals surface area contributed by atoms with Crippen LogP contribution < -0.4 is 4.74 Å². The van der Waals surface area contributed by atoms with Crippen molar-refractivity contribution >= 4 is 11.6 Å². The molecule has 2 rings (SSSR count). The first-order chi connectivity index (χ1) is 7.97. The molecule has 1 heterocycles. The Morgan fingerprint density at radius 3 is 2.82 bits per heavy atom. The summed E-state index contributed by atoms with van der Waals surface area (Å²) in [6.07, 6.45) is 3.14. The Labute approximate surface area is 109 Å². The van der Waals surface area contributed by atoms with Gasteiger partial charge in [-0.15, -0.1) is 11.6 Å². The van der Waals surface area contributed by atoms with Crippen LogP contribution in [0.5, 0.6) is 5.75 Å². The topological polar surface area (TPSA) is 9.23 Å². The maximum absolute atomic E-state index is 6.40. The molecule has 0 aliphatic carbocycles. The summed E-state index contributed by atoms with van der Waals surface area (Å²) in [5.74, 6) is 1.06. The van der Waals surface area contributed by atoms with E-state index in [0.717, 1.165) is 31.6 Å². The van der Waals surface area contributed by atoms with E-state index in [9.17, 15) is 0 Å². The minimum atomic E-state index is 0.182. The third-order valence-electron chi connectivity index (χ3n) is 3.38. The average Bonchev–Trinajstić information content (AvgIpc) is 2.71. The number of rotatable bonds is 3. The fraction of sp³-hybridized carbons (Fsp3) is 0.600. The van der Waals surface area contributed by atoms with Gasteiger partial charge in [-0.05, 0) is 35.4 Å². The number of benzene rings is 1. The minimum Gasteiger partial charge on any atom is -0.493 e. The summed E-state index contributed by atoms with van der Waals surface area (Å²) in [6.45, 7) is 7.42. The van der Waals surface area contributed by atoms with Gasteiger partial charge in [-0.2, -0.15) is 0 Å². The Balaban J connectivity index is 1.96. The maximum atomic E-state index is 6.40. The molecule has 0 saturated heterocycles. The second kappa shape index (κ2) is 4.89. The first-order valence-corrected chi connectivity index (χ1v) is 6.79. The molecule has 0 spiro atoms. The molecule has 0 saturated carbocycles. The van der Waals surface area contributed by atoms with Crippen molar-refractivity contribution in [1.29, 1.82) is 0 Å². The fourth-order valence-electron chi connectivity index (χ4n) is 2.12. The Kier molecular flexibility index (Phi) is 3.67. The van der Waals surface area contributed by atoms with E-state index in [4.69, 9.17) is 16.3 Å². The van der Waals surface area contributed by atoms with Gasteiger partial charge in [-0.1, -0.05) is 32.9 Å². The zero-order chi connectivity index (χ0) is 12.5. The van der Waals surface area contributed by atoms with Crippen molar-refractivity contribution in [1.82, 2.24) is 0 Å². The molecule has 1 aliphatic rings. The van der Waals surface area contributed by atoms with Crippen LogP contribution in [0.25, 0.3) is 0 Å². The highest BCUT2D eigenvalue weighted by Crippen LogP contribution is 2.30. The van der Waals surface area contributed by atoms with Gasteiger partial charge in [-0.25, -0.2) is 0 Å². The van der Waals surface area contributed by atoms with Crippen LogP contribution in [0, 0.1) is 5.41 Å². The molecule has 2 heteroatoms. The lowest BCUT2D eigenvalue weighted by Crippen LogP contribution is -2.21. The molecule has 1 nitrogen and oxygen atoms in total. The monoisotopic (exact) mass is 252 g/mol. The summed E-state index contributed by atoms with van der Waals surface area (Å²) < 4.78 is 5.51. The lowest BCUT2D eigenvalue weighted by molar-refractivity contribution is 0.356. The second-order valence-electron chi connectivity index (χ2n) is 5.91. The van der Waals surface area contributed by atoms with E-state index < -0.39 is 0 Å². The van der Waals surface area contributed by atoms with Gasteiger partial charge in [0.2, 0.25) is 0 Å². The summed E-state index contributed by atoms with van der Waals surface area (Å²) in [4.78, 5) is 0. The summed E-state index contributed by atoms with van der Waals surface area (Å²) in [5, 5.41) is 0.229. The van der Waals surface area contributed by atoms with Crippen LogP contribution in [0.2, 0.25) is 0 Å².